The summed E-state index contributed by atoms with van der Waals surface area (Å²) in [5, 5.41) is 2.97. The third-order valence-corrected chi connectivity index (χ3v) is 4.10. The Morgan fingerprint density at radius 2 is 1.90 bits per heavy atom. The average molecular weight is 276 g/mol. The molecule has 0 aliphatic carbocycles. The van der Waals surface area contributed by atoms with E-state index in [0.29, 0.717) is 0 Å². The molecule has 1 atom stereocenters. The second kappa shape index (κ2) is 6.75. The summed E-state index contributed by atoms with van der Waals surface area (Å²) in [6.45, 7) is 6.28. The molecule has 4 nitrogen and oxygen atoms in total. The van der Waals surface area contributed by atoms with Crippen LogP contribution in [0.3, 0.4) is 0 Å². The van der Waals surface area contributed by atoms with Crippen LogP contribution in [0.25, 0.3) is 0 Å². The first-order valence-electron chi connectivity index (χ1n) is 7.29. The third-order valence-electron chi connectivity index (χ3n) is 4.10. The van der Waals surface area contributed by atoms with Gasteiger partial charge in [-0.15, -0.1) is 0 Å². The molecule has 0 aromatic heterocycles. The topological polar surface area (TPSA) is 41.6 Å². The standard InChI is InChI=1S/C16H24N2O2/c1-12-8-10-18(11-9-12)13(2)16(19)17-14-4-6-15(20-3)7-5-14/h4-7,12-13H,8-11H2,1-3H3,(H,17,19)/t13-/m1/s1. The number of rotatable bonds is 4. The predicted molar refractivity (Wildman–Crippen MR) is 81.1 cm³/mol. The van der Waals surface area contributed by atoms with Gasteiger partial charge in [-0.25, -0.2) is 0 Å². The second-order valence-corrected chi connectivity index (χ2v) is 5.61. The van der Waals surface area contributed by atoms with Gasteiger partial charge in [0, 0.05) is 5.69 Å². The van der Waals surface area contributed by atoms with Gasteiger partial charge in [-0.2, -0.15) is 0 Å². The quantitative estimate of drug-likeness (QED) is 0.919. The van der Waals surface area contributed by atoms with Crippen LogP contribution in [0, 0.1) is 5.92 Å². The van der Waals surface area contributed by atoms with Crippen LogP contribution >= 0.6 is 0 Å². The Morgan fingerprint density at radius 3 is 2.45 bits per heavy atom. The molecule has 4 heteroatoms. The van der Waals surface area contributed by atoms with Crippen molar-refractivity contribution < 1.29 is 9.53 Å². The first-order valence-corrected chi connectivity index (χ1v) is 7.29. The number of benzene rings is 1. The molecular formula is C16H24N2O2. The first-order chi connectivity index (χ1) is 9.60. The van der Waals surface area contributed by atoms with Crippen molar-refractivity contribution in [2.24, 2.45) is 5.92 Å². The number of amides is 1. The van der Waals surface area contributed by atoms with Gasteiger partial charge >= 0.3 is 0 Å². The van der Waals surface area contributed by atoms with Crippen LogP contribution in [0.2, 0.25) is 0 Å². The molecular weight excluding hydrogens is 252 g/mol. The van der Waals surface area contributed by atoms with Crippen LogP contribution in [0.5, 0.6) is 5.75 Å². The Kier molecular flexibility index (Phi) is 5.01. The monoisotopic (exact) mass is 276 g/mol. The second-order valence-electron chi connectivity index (χ2n) is 5.61. The minimum atomic E-state index is -0.0791. The van der Waals surface area contributed by atoms with Gasteiger partial charge in [0.2, 0.25) is 5.91 Å². The summed E-state index contributed by atoms with van der Waals surface area (Å²) in [4.78, 5) is 14.5. The van der Waals surface area contributed by atoms with E-state index in [2.05, 4.69) is 17.1 Å². The van der Waals surface area contributed by atoms with E-state index in [1.54, 1.807) is 7.11 Å². The molecule has 1 aromatic carbocycles. The highest BCUT2D eigenvalue weighted by Gasteiger charge is 2.24. The molecule has 1 amide bonds. The van der Waals surface area contributed by atoms with Gasteiger partial charge in [0.1, 0.15) is 5.75 Å². The molecule has 0 spiro atoms. The number of carbonyl (C=O) groups excluding carboxylic acids is 1. The largest absolute Gasteiger partial charge is 0.497 e. The van der Waals surface area contributed by atoms with Crippen molar-refractivity contribution in [3.63, 3.8) is 0 Å². The summed E-state index contributed by atoms with van der Waals surface area (Å²) in [5.41, 5.74) is 0.813. The molecule has 1 heterocycles. The zero-order chi connectivity index (χ0) is 14.5. The molecule has 20 heavy (non-hydrogen) atoms. The van der Waals surface area contributed by atoms with E-state index in [1.807, 2.05) is 31.2 Å². The van der Waals surface area contributed by atoms with Crippen molar-refractivity contribution in [1.82, 2.24) is 4.90 Å². The minimum absolute atomic E-state index is 0.0599. The Hall–Kier alpha value is -1.55. The Morgan fingerprint density at radius 1 is 1.30 bits per heavy atom. The molecule has 0 unspecified atom stereocenters. The normalized spacial score (nSPS) is 18.6. The van der Waals surface area contributed by atoms with E-state index >= 15 is 0 Å². The van der Waals surface area contributed by atoms with E-state index < -0.39 is 0 Å². The smallest absolute Gasteiger partial charge is 0.241 e. The van der Waals surface area contributed by atoms with Crippen LogP contribution in [0.4, 0.5) is 5.69 Å². The summed E-state index contributed by atoms with van der Waals surface area (Å²) >= 11 is 0. The fourth-order valence-corrected chi connectivity index (χ4v) is 2.50. The van der Waals surface area contributed by atoms with Crippen molar-refractivity contribution >= 4 is 11.6 Å². The number of piperidine rings is 1. The molecule has 0 saturated carbocycles. The van der Waals surface area contributed by atoms with Gasteiger partial charge < -0.3 is 10.1 Å². The number of carbonyl (C=O) groups is 1. The molecule has 1 N–H and O–H groups in total. The van der Waals surface area contributed by atoms with Crippen LogP contribution in [-0.4, -0.2) is 37.0 Å². The highest BCUT2D eigenvalue weighted by molar-refractivity contribution is 5.94. The van der Waals surface area contributed by atoms with Crippen LogP contribution in [-0.2, 0) is 4.79 Å². The van der Waals surface area contributed by atoms with Gasteiger partial charge in [0.25, 0.3) is 0 Å². The lowest BCUT2D eigenvalue weighted by Gasteiger charge is -2.34. The van der Waals surface area contributed by atoms with Crippen molar-refractivity contribution in [2.45, 2.75) is 32.7 Å². The Bertz CT molecular complexity index is 436. The van der Waals surface area contributed by atoms with Crippen LogP contribution in [0.1, 0.15) is 26.7 Å². The molecule has 1 saturated heterocycles. The number of nitrogens with zero attached hydrogens (tertiary/aromatic N) is 1. The van der Waals surface area contributed by atoms with E-state index in [-0.39, 0.29) is 11.9 Å². The maximum atomic E-state index is 12.3. The molecule has 0 radical (unpaired) electrons. The number of nitrogens with one attached hydrogen (secondary N) is 1. The number of ether oxygens (including phenoxy) is 1. The molecule has 2 rings (SSSR count). The molecule has 1 aliphatic heterocycles. The molecule has 110 valence electrons. The average Bonchev–Trinajstić information content (AvgIpc) is 2.48. The van der Waals surface area contributed by atoms with E-state index in [9.17, 15) is 4.79 Å². The number of likely N-dealkylation sites (tertiary alicyclic amines) is 1. The van der Waals surface area contributed by atoms with E-state index in [4.69, 9.17) is 4.74 Å². The number of methoxy groups -OCH3 is 1. The van der Waals surface area contributed by atoms with Gasteiger partial charge in [-0.05, 0) is 63.0 Å². The van der Waals surface area contributed by atoms with Gasteiger partial charge in [0.05, 0.1) is 13.2 Å². The van der Waals surface area contributed by atoms with Crippen LogP contribution in [0.15, 0.2) is 24.3 Å². The SMILES string of the molecule is COc1ccc(NC(=O)[C@@H](C)N2CCC(C)CC2)cc1. The summed E-state index contributed by atoms with van der Waals surface area (Å²) in [7, 11) is 1.63. The van der Waals surface area contributed by atoms with Crippen molar-refractivity contribution in [3.8, 4) is 5.75 Å². The molecule has 1 fully saturated rings. The number of hydrogen-bond acceptors (Lipinski definition) is 3. The van der Waals surface area contributed by atoms with Crippen molar-refractivity contribution in [2.75, 3.05) is 25.5 Å². The summed E-state index contributed by atoms with van der Waals surface area (Å²) < 4.78 is 5.11. The fraction of sp³-hybridized carbons (Fsp3) is 0.562. The van der Waals surface area contributed by atoms with Crippen molar-refractivity contribution in [1.29, 1.82) is 0 Å². The predicted octanol–water partition coefficient (Wildman–Crippen LogP) is 2.75. The lowest BCUT2D eigenvalue weighted by Crippen LogP contribution is -2.45. The Labute approximate surface area is 121 Å². The van der Waals surface area contributed by atoms with E-state index in [1.165, 1.54) is 12.8 Å². The Balaban J connectivity index is 1.89. The fourth-order valence-electron chi connectivity index (χ4n) is 2.50. The summed E-state index contributed by atoms with van der Waals surface area (Å²) in [6, 6.07) is 7.35. The first kappa shape index (κ1) is 14.9. The lowest BCUT2D eigenvalue weighted by molar-refractivity contribution is -0.121. The summed E-state index contributed by atoms with van der Waals surface area (Å²) in [5.74, 6) is 1.63. The molecule has 0 bridgehead atoms. The zero-order valence-corrected chi connectivity index (χ0v) is 12.6. The number of anilines is 1. The minimum Gasteiger partial charge on any atom is -0.497 e. The van der Waals surface area contributed by atoms with Gasteiger partial charge in [-0.3, -0.25) is 9.69 Å². The number of hydrogen-bond donors (Lipinski definition) is 1. The maximum absolute atomic E-state index is 12.3. The molecule has 1 aliphatic rings. The highest BCUT2D eigenvalue weighted by atomic mass is 16.5. The van der Waals surface area contributed by atoms with Crippen molar-refractivity contribution in [3.05, 3.63) is 24.3 Å². The highest BCUT2D eigenvalue weighted by Crippen LogP contribution is 2.19. The third kappa shape index (κ3) is 3.73. The maximum Gasteiger partial charge on any atom is 0.241 e. The lowest BCUT2D eigenvalue weighted by atomic mass is 9.98. The van der Waals surface area contributed by atoms with E-state index in [0.717, 1.165) is 30.4 Å². The summed E-state index contributed by atoms with van der Waals surface area (Å²) in [6.07, 6.45) is 2.36. The van der Waals surface area contributed by atoms with Gasteiger partial charge in [-0.1, -0.05) is 6.92 Å². The molecule has 1 aromatic rings. The van der Waals surface area contributed by atoms with Gasteiger partial charge in [0.15, 0.2) is 0 Å². The van der Waals surface area contributed by atoms with Crippen LogP contribution < -0.4 is 10.1 Å². The zero-order valence-electron chi connectivity index (χ0n) is 12.6.